The Hall–Kier alpha value is -8.44. The van der Waals surface area contributed by atoms with Crippen LogP contribution in [0.4, 0.5) is 10.6 Å². The van der Waals surface area contributed by atoms with Gasteiger partial charge in [0.05, 0.1) is 79.0 Å². The average Bonchev–Trinajstić information content (AvgIpc) is 1.80. The zero-order chi connectivity index (χ0) is 71.1. The number of carbonyl (C=O) groups is 8. The molecule has 0 saturated carbocycles. The standard InChI is InChI=1S/C55H79N19O21S2/c1-19-33(71-46(74-44(19)58)25(9-31(57)78)65-11-24(56)45(59)84)50(88)73-35(41(26-12-62-18-67-26)93-54-43(39(82)37(80)29(13-75)92-54)94-53-40(83)42(95-55(60)90)38(81)30(14-76)91-53)51(89)68-21(3)36(79)20(2)47(85)72-34(22(4)77)49(87)64-8-6-32-69-28(16-96-32)52-70-27(15-97-52)48(86)63-7-5-23-10-61-17-66-23/h10,12,15-18,20-22,24-25,29-30,34-43,53-54,65,75-77,79-83H,5-9,11,13-14,56H2,1-4H3,(H2,57,78)(H2,59,84)(H2,60,90)(H,61,66)(H,62,67)(H,63,86)(H,64,87)(H,68,89)(H,72,85)(H,73,88)(H2,58,71,74). The molecule has 5 aromatic heterocycles. The van der Waals surface area contributed by atoms with Crippen molar-refractivity contribution in [2.24, 2.45) is 28.9 Å². The quantitative estimate of drug-likeness (QED) is 0.0182. The van der Waals surface area contributed by atoms with Crippen LogP contribution in [0.15, 0.2) is 35.8 Å². The number of aliphatic hydroxyl groups is 8. The van der Waals surface area contributed by atoms with Crippen LogP contribution in [0.5, 0.6) is 0 Å². The van der Waals surface area contributed by atoms with Crippen LogP contribution in [0, 0.1) is 12.8 Å². The topological polar surface area (TPSA) is 656 Å². The number of ether oxygens (including phenoxy) is 5. The molecule has 97 heavy (non-hydrogen) atoms. The number of amides is 8. The highest BCUT2D eigenvalue weighted by molar-refractivity contribution is 7.14. The zero-order valence-corrected chi connectivity index (χ0v) is 54.0. The molecule has 40 nitrogen and oxygen atoms in total. The van der Waals surface area contributed by atoms with Crippen molar-refractivity contribution in [3.63, 3.8) is 0 Å². The summed E-state index contributed by atoms with van der Waals surface area (Å²) in [5.41, 5.74) is 28.8. The second kappa shape index (κ2) is 34.7. The first-order valence-corrected chi connectivity index (χ1v) is 31.7. The van der Waals surface area contributed by atoms with Crippen molar-refractivity contribution in [3.05, 3.63) is 75.0 Å². The van der Waals surface area contributed by atoms with E-state index in [1.807, 2.05) is 0 Å². The van der Waals surface area contributed by atoms with Crippen LogP contribution in [0.2, 0.25) is 0 Å². The normalized spacial score (nSPS) is 23.8. The van der Waals surface area contributed by atoms with E-state index in [0.717, 1.165) is 18.2 Å². The number of carbonyl (C=O) groups excluding carboxylic acids is 8. The first-order chi connectivity index (χ1) is 46.0. The van der Waals surface area contributed by atoms with Gasteiger partial charge in [-0.25, -0.2) is 34.7 Å². The molecule has 0 aromatic carbocycles. The third-order valence-electron chi connectivity index (χ3n) is 15.5. The summed E-state index contributed by atoms with van der Waals surface area (Å²) in [5, 5.41) is 108. The van der Waals surface area contributed by atoms with Crippen molar-refractivity contribution in [2.45, 2.75) is 157 Å². The van der Waals surface area contributed by atoms with Crippen molar-refractivity contribution >= 4 is 75.9 Å². The van der Waals surface area contributed by atoms with Gasteiger partial charge in [-0.1, -0.05) is 6.92 Å². The van der Waals surface area contributed by atoms with E-state index in [0.29, 0.717) is 28.7 Å². The number of nitrogens with zero attached hydrogens (tertiary/aromatic N) is 6. The van der Waals surface area contributed by atoms with Crippen LogP contribution < -0.4 is 60.6 Å². The van der Waals surface area contributed by atoms with Crippen molar-refractivity contribution in [2.75, 3.05) is 38.6 Å². The molecular formula is C55H79N19O21S2. The second-order valence-electron chi connectivity index (χ2n) is 22.6. The fraction of sp³-hybridized carbons (Fsp3) is 0.564. The molecule has 7 heterocycles. The van der Waals surface area contributed by atoms with Crippen molar-refractivity contribution < 1.29 is 103 Å². The third kappa shape index (κ3) is 19.7. The Balaban J connectivity index is 1.12. The van der Waals surface area contributed by atoms with E-state index in [9.17, 15) is 74.4 Å². The molecule has 5 aromatic rings. The Morgan fingerprint density at radius 3 is 2.05 bits per heavy atom. The predicted octanol–water partition coefficient (Wildman–Crippen LogP) is -8.01. The summed E-state index contributed by atoms with van der Waals surface area (Å²) in [7, 11) is 0. The number of aromatic amines is 2. The highest BCUT2D eigenvalue weighted by atomic mass is 32.1. The molecule has 7 rings (SSSR count). The highest BCUT2D eigenvalue weighted by Crippen LogP contribution is 2.35. The molecular weight excluding hydrogens is 1330 g/mol. The molecule has 0 bridgehead atoms. The Labute approximate surface area is 558 Å². The van der Waals surface area contributed by atoms with Gasteiger partial charge in [0.25, 0.3) is 11.8 Å². The number of hydrogen-bond donors (Lipinski definition) is 21. The third-order valence-corrected chi connectivity index (χ3v) is 17.3. The molecule has 26 N–H and O–H groups in total. The minimum atomic E-state index is -2.20. The number of anilines is 1. The fourth-order valence-electron chi connectivity index (χ4n) is 9.97. The van der Waals surface area contributed by atoms with Crippen LogP contribution in [-0.2, 0) is 60.5 Å². The lowest BCUT2D eigenvalue weighted by atomic mass is 9.96. The Morgan fingerprint density at radius 1 is 0.732 bits per heavy atom. The number of H-pyrrole nitrogens is 2. The van der Waals surface area contributed by atoms with Crippen LogP contribution >= 0.6 is 22.7 Å². The molecule has 2 saturated heterocycles. The number of hydrogen-bond acceptors (Lipinski definition) is 32. The monoisotopic (exact) mass is 1410 g/mol. The van der Waals surface area contributed by atoms with Crippen LogP contribution in [0.25, 0.3) is 10.7 Å². The van der Waals surface area contributed by atoms with E-state index in [1.54, 1.807) is 17.0 Å². The van der Waals surface area contributed by atoms with Gasteiger partial charge in [-0.05, 0) is 20.8 Å². The van der Waals surface area contributed by atoms with E-state index in [-0.39, 0.29) is 54.0 Å². The van der Waals surface area contributed by atoms with E-state index in [2.05, 4.69) is 71.8 Å². The number of aliphatic hydroxyl groups excluding tert-OH is 8. The second-order valence-corrected chi connectivity index (χ2v) is 24.4. The molecule has 532 valence electrons. The minimum Gasteiger partial charge on any atom is -0.441 e. The predicted molar refractivity (Wildman–Crippen MR) is 332 cm³/mol. The largest absolute Gasteiger partial charge is 0.441 e. The molecule has 2 aliphatic heterocycles. The number of imidazole rings is 2. The van der Waals surface area contributed by atoms with Crippen LogP contribution in [-0.4, -0.2) is 259 Å². The van der Waals surface area contributed by atoms with Gasteiger partial charge >= 0.3 is 6.09 Å². The highest BCUT2D eigenvalue weighted by Gasteiger charge is 2.54. The molecule has 19 unspecified atom stereocenters. The summed E-state index contributed by atoms with van der Waals surface area (Å²) in [6.07, 6.45) is -21.4. The van der Waals surface area contributed by atoms with Gasteiger partial charge in [-0.15, -0.1) is 22.7 Å². The summed E-state index contributed by atoms with van der Waals surface area (Å²) >= 11 is 2.48. The van der Waals surface area contributed by atoms with E-state index >= 15 is 4.79 Å². The number of thiazole rings is 2. The summed E-state index contributed by atoms with van der Waals surface area (Å²) in [4.78, 5) is 138. The number of nitrogens with two attached hydrogens (primary N) is 5. The zero-order valence-electron chi connectivity index (χ0n) is 52.4. The van der Waals surface area contributed by atoms with Crippen molar-refractivity contribution in [1.29, 1.82) is 0 Å². The first kappa shape index (κ1) is 75.9. The molecule has 19 atom stereocenters. The van der Waals surface area contributed by atoms with Gasteiger partial charge in [0.1, 0.15) is 94.6 Å². The lowest BCUT2D eigenvalue weighted by Crippen LogP contribution is -2.65. The van der Waals surface area contributed by atoms with Gasteiger partial charge < -0.3 is 135 Å². The molecule has 42 heteroatoms. The van der Waals surface area contributed by atoms with E-state index in [4.69, 9.17) is 52.4 Å². The van der Waals surface area contributed by atoms with Gasteiger partial charge in [0.2, 0.25) is 29.5 Å². The van der Waals surface area contributed by atoms with Gasteiger partial charge in [0.15, 0.2) is 18.7 Å². The molecule has 8 amide bonds. The van der Waals surface area contributed by atoms with Crippen molar-refractivity contribution in [3.8, 4) is 10.7 Å². The average molecular weight is 1410 g/mol. The number of rotatable bonds is 34. The molecule has 2 fully saturated rings. The SMILES string of the molecule is Cc1c(N)nc(C(CC(N)=O)NCC(N)C(N)=O)nc1C(=O)NC(C(=O)NC(C)C(O)C(C)C(=O)NC(C(=O)NCCc1nc(-c2nc(C(=O)NCCc3cnc[nH]3)cs2)cs1)C(C)O)C(OC1OC(CO)C(O)C(O)C1OC1OC(CO)C(O)C(OC(N)=O)C1O)c1cnc[nH]1. The molecule has 0 aliphatic carbocycles. The Kier molecular flexibility index (Phi) is 27.1. The van der Waals surface area contributed by atoms with Gasteiger partial charge in [-0.2, -0.15) is 0 Å². The van der Waals surface area contributed by atoms with Crippen LogP contribution in [0.1, 0.15) is 88.1 Å². The minimum absolute atomic E-state index is 0.0195. The maximum Gasteiger partial charge on any atom is 0.404 e. The number of nitrogen functional groups attached to an aromatic ring is 1. The van der Waals surface area contributed by atoms with Gasteiger partial charge in [-0.3, -0.25) is 33.6 Å². The lowest BCUT2D eigenvalue weighted by molar-refractivity contribution is -0.372. The maximum atomic E-state index is 15.2. The van der Waals surface area contributed by atoms with E-state index in [1.165, 1.54) is 56.7 Å². The Morgan fingerprint density at radius 2 is 1.41 bits per heavy atom. The number of nitrogens with one attached hydrogen (secondary N) is 8. The summed E-state index contributed by atoms with van der Waals surface area (Å²) in [6, 6.07) is -7.87. The Bertz CT molecular complexity index is 3480. The van der Waals surface area contributed by atoms with Gasteiger partial charge in [0, 0.05) is 67.1 Å². The smallest absolute Gasteiger partial charge is 0.404 e. The molecule has 0 spiro atoms. The van der Waals surface area contributed by atoms with E-state index < -0.39 is 183 Å². The molecule has 2 aliphatic rings. The van der Waals surface area contributed by atoms with Crippen LogP contribution in [0.3, 0.4) is 0 Å². The summed E-state index contributed by atoms with van der Waals surface area (Å²) in [6.45, 7) is 2.96. The lowest BCUT2D eigenvalue weighted by Gasteiger charge is -2.47. The maximum absolute atomic E-state index is 15.2. The summed E-state index contributed by atoms with van der Waals surface area (Å²) in [5.74, 6) is -8.80. The number of aromatic nitrogens is 8. The van der Waals surface area contributed by atoms with Crippen molar-refractivity contribution in [1.82, 2.24) is 71.8 Å². The molecule has 0 radical (unpaired) electrons. The summed E-state index contributed by atoms with van der Waals surface area (Å²) < 4.78 is 28.7. The fourth-order valence-corrected chi connectivity index (χ4v) is 11.6. The first-order valence-electron chi connectivity index (χ1n) is 29.9. The number of primary amides is 3.